The van der Waals surface area contributed by atoms with Crippen LogP contribution in [0, 0.1) is 5.41 Å². The molecule has 1 heterocycles. The van der Waals surface area contributed by atoms with E-state index in [4.69, 9.17) is 0 Å². The van der Waals surface area contributed by atoms with Crippen molar-refractivity contribution < 1.29 is 0 Å². The molecule has 21 heavy (non-hydrogen) atoms. The molecular weight excluding hydrogens is 280 g/mol. The summed E-state index contributed by atoms with van der Waals surface area (Å²) in [5, 5.41) is 6.07. The fourth-order valence-corrected chi connectivity index (χ4v) is 3.82. The van der Waals surface area contributed by atoms with Crippen LogP contribution in [0.2, 0.25) is 0 Å². The van der Waals surface area contributed by atoms with Gasteiger partial charge >= 0.3 is 0 Å². The largest absolute Gasteiger partial charge is 0.274 e. The Morgan fingerprint density at radius 1 is 1.14 bits per heavy atom. The summed E-state index contributed by atoms with van der Waals surface area (Å²) in [7, 11) is 0. The fourth-order valence-electron chi connectivity index (χ4n) is 3.40. The molecule has 3 nitrogen and oxygen atoms in total. The van der Waals surface area contributed by atoms with E-state index in [0.29, 0.717) is 6.54 Å². The Bertz CT molecular complexity index is 672. The molecule has 1 aromatic carbocycles. The van der Waals surface area contributed by atoms with Gasteiger partial charge in [0.15, 0.2) is 0 Å². The van der Waals surface area contributed by atoms with Crippen molar-refractivity contribution in [3.05, 3.63) is 40.8 Å². The number of rotatable bonds is 3. The van der Waals surface area contributed by atoms with E-state index in [9.17, 15) is 4.79 Å². The van der Waals surface area contributed by atoms with Crippen LogP contribution >= 0.6 is 12.6 Å². The maximum absolute atomic E-state index is 12.6. The zero-order valence-electron chi connectivity index (χ0n) is 12.3. The molecule has 1 aliphatic carbocycles. The zero-order valence-corrected chi connectivity index (χ0v) is 13.2. The lowest BCUT2D eigenvalue weighted by Gasteiger charge is -2.31. The second-order valence-electron chi connectivity index (χ2n) is 6.27. The Balaban J connectivity index is 1.96. The van der Waals surface area contributed by atoms with Crippen LogP contribution in [0.1, 0.15) is 38.5 Å². The van der Waals surface area contributed by atoms with Gasteiger partial charge in [-0.15, -0.1) is 0 Å². The highest BCUT2D eigenvalue weighted by atomic mass is 32.1. The minimum atomic E-state index is 0.0264. The van der Waals surface area contributed by atoms with Crippen LogP contribution in [0.4, 0.5) is 0 Å². The maximum atomic E-state index is 12.6. The van der Waals surface area contributed by atoms with Crippen LogP contribution in [0.3, 0.4) is 0 Å². The first-order valence-electron chi connectivity index (χ1n) is 7.80. The molecule has 1 aliphatic rings. The standard InChI is InChI=1S/C17H22N2OS/c20-16-15-8-4-3-7-14(15)11-18-19(16)12-17(13-21)9-5-1-2-6-10-17/h3-4,7-8,11,21H,1-2,5-6,9-10,12-13H2. The van der Waals surface area contributed by atoms with Crippen LogP contribution in [-0.4, -0.2) is 15.5 Å². The van der Waals surface area contributed by atoms with E-state index < -0.39 is 0 Å². The second kappa shape index (κ2) is 6.22. The lowest BCUT2D eigenvalue weighted by Crippen LogP contribution is -2.35. The molecule has 0 bridgehead atoms. The van der Waals surface area contributed by atoms with E-state index in [0.717, 1.165) is 29.4 Å². The molecule has 1 aromatic heterocycles. The van der Waals surface area contributed by atoms with Gasteiger partial charge in [-0.2, -0.15) is 17.7 Å². The molecule has 0 unspecified atom stereocenters. The zero-order chi connectivity index (χ0) is 14.7. The van der Waals surface area contributed by atoms with Crippen LogP contribution in [0.15, 0.2) is 35.3 Å². The summed E-state index contributed by atoms with van der Waals surface area (Å²) in [6.45, 7) is 0.695. The van der Waals surface area contributed by atoms with Crippen molar-refractivity contribution in [2.24, 2.45) is 5.41 Å². The highest BCUT2D eigenvalue weighted by Gasteiger charge is 2.30. The SMILES string of the molecule is O=c1c2ccccc2cnn1CC1(CS)CCCCCC1. The Labute approximate surface area is 130 Å². The van der Waals surface area contributed by atoms with Gasteiger partial charge in [0.1, 0.15) is 0 Å². The molecule has 0 N–H and O–H groups in total. The van der Waals surface area contributed by atoms with Crippen molar-refractivity contribution in [1.29, 1.82) is 0 Å². The Morgan fingerprint density at radius 3 is 2.57 bits per heavy atom. The lowest BCUT2D eigenvalue weighted by molar-refractivity contribution is 0.226. The lowest BCUT2D eigenvalue weighted by atomic mass is 9.82. The molecule has 112 valence electrons. The van der Waals surface area contributed by atoms with Crippen molar-refractivity contribution in [2.75, 3.05) is 5.75 Å². The van der Waals surface area contributed by atoms with Crippen molar-refractivity contribution in [1.82, 2.24) is 9.78 Å². The Morgan fingerprint density at radius 2 is 1.86 bits per heavy atom. The van der Waals surface area contributed by atoms with Gasteiger partial charge in [-0.1, -0.05) is 43.9 Å². The van der Waals surface area contributed by atoms with Crippen LogP contribution in [0.5, 0.6) is 0 Å². The summed E-state index contributed by atoms with van der Waals surface area (Å²) in [6.07, 6.45) is 9.19. The van der Waals surface area contributed by atoms with Crippen LogP contribution < -0.4 is 5.56 Å². The van der Waals surface area contributed by atoms with E-state index in [-0.39, 0.29) is 11.0 Å². The molecule has 0 saturated heterocycles. The van der Waals surface area contributed by atoms with Crippen molar-refractivity contribution in [2.45, 2.75) is 45.1 Å². The predicted octanol–water partition coefficient (Wildman–Crippen LogP) is 3.67. The van der Waals surface area contributed by atoms with Gasteiger partial charge in [-0.3, -0.25) is 4.79 Å². The summed E-state index contributed by atoms with van der Waals surface area (Å²) in [5.41, 5.74) is 0.150. The molecule has 0 amide bonds. The van der Waals surface area contributed by atoms with E-state index >= 15 is 0 Å². The van der Waals surface area contributed by atoms with Gasteiger partial charge in [0.25, 0.3) is 5.56 Å². The molecule has 0 radical (unpaired) electrons. The Kier molecular flexibility index (Phi) is 4.34. The normalized spacial score (nSPS) is 18.5. The average Bonchev–Trinajstić information content (AvgIpc) is 2.77. The van der Waals surface area contributed by atoms with Crippen molar-refractivity contribution >= 4 is 23.4 Å². The minimum absolute atomic E-state index is 0.0264. The molecule has 2 aromatic rings. The van der Waals surface area contributed by atoms with E-state index in [1.54, 1.807) is 10.9 Å². The quantitative estimate of drug-likeness (QED) is 0.693. The second-order valence-corrected chi connectivity index (χ2v) is 6.58. The van der Waals surface area contributed by atoms with Crippen LogP contribution in [-0.2, 0) is 6.54 Å². The molecule has 0 spiro atoms. The number of benzene rings is 1. The molecule has 3 rings (SSSR count). The third-order valence-corrected chi connectivity index (χ3v) is 5.42. The first-order chi connectivity index (χ1) is 10.2. The average molecular weight is 302 g/mol. The van der Waals surface area contributed by atoms with Gasteiger partial charge in [-0.05, 0) is 30.1 Å². The molecule has 4 heteroatoms. The van der Waals surface area contributed by atoms with E-state index in [2.05, 4.69) is 17.7 Å². The number of nitrogens with zero attached hydrogens (tertiary/aromatic N) is 2. The minimum Gasteiger partial charge on any atom is -0.267 e. The molecule has 1 fully saturated rings. The number of fused-ring (bicyclic) bond motifs is 1. The summed E-state index contributed by atoms with van der Waals surface area (Å²) >= 11 is 4.59. The van der Waals surface area contributed by atoms with Gasteiger partial charge in [-0.25, -0.2) is 4.68 Å². The summed E-state index contributed by atoms with van der Waals surface area (Å²) in [4.78, 5) is 12.6. The summed E-state index contributed by atoms with van der Waals surface area (Å²) in [5.74, 6) is 0.827. The molecule has 1 saturated carbocycles. The number of hydrogen-bond donors (Lipinski definition) is 1. The third kappa shape index (κ3) is 3.00. The fraction of sp³-hybridized carbons (Fsp3) is 0.529. The predicted molar refractivity (Wildman–Crippen MR) is 90.0 cm³/mol. The first-order valence-corrected chi connectivity index (χ1v) is 8.43. The third-order valence-electron chi connectivity index (χ3n) is 4.75. The van der Waals surface area contributed by atoms with Gasteiger partial charge in [0.05, 0.1) is 18.1 Å². The molecular formula is C17H22N2OS. The summed E-state index contributed by atoms with van der Waals surface area (Å²) in [6, 6.07) is 7.67. The van der Waals surface area contributed by atoms with Gasteiger partial charge in [0, 0.05) is 5.39 Å². The van der Waals surface area contributed by atoms with Gasteiger partial charge < -0.3 is 0 Å². The van der Waals surface area contributed by atoms with Crippen molar-refractivity contribution in [3.63, 3.8) is 0 Å². The van der Waals surface area contributed by atoms with Crippen molar-refractivity contribution in [3.8, 4) is 0 Å². The van der Waals surface area contributed by atoms with Gasteiger partial charge in [0.2, 0.25) is 0 Å². The van der Waals surface area contributed by atoms with Crippen LogP contribution in [0.25, 0.3) is 10.8 Å². The number of hydrogen-bond acceptors (Lipinski definition) is 3. The van der Waals surface area contributed by atoms with E-state index in [1.165, 1.54) is 25.7 Å². The Hall–Kier alpha value is -1.29. The van der Waals surface area contributed by atoms with E-state index in [1.807, 2.05) is 24.3 Å². The topological polar surface area (TPSA) is 34.9 Å². The first kappa shape index (κ1) is 14.6. The monoisotopic (exact) mass is 302 g/mol. The highest BCUT2D eigenvalue weighted by Crippen LogP contribution is 2.37. The smallest absolute Gasteiger partial charge is 0.267 e. The number of aromatic nitrogens is 2. The summed E-state index contributed by atoms with van der Waals surface area (Å²) < 4.78 is 1.66. The molecule has 0 atom stereocenters. The number of thiol groups is 1. The maximum Gasteiger partial charge on any atom is 0.274 e. The highest BCUT2D eigenvalue weighted by molar-refractivity contribution is 7.80. The molecule has 0 aliphatic heterocycles.